The molecule has 1 unspecified atom stereocenters. The third kappa shape index (κ3) is 4.24. The van der Waals surface area contributed by atoms with Crippen LogP contribution >= 0.6 is 34.4 Å². The number of benzene rings is 1. The molecule has 164 valence electrons. The maximum absolute atomic E-state index is 13.7. The Balaban J connectivity index is 1.54. The van der Waals surface area contributed by atoms with E-state index < -0.39 is 5.25 Å². The number of carbonyl (C=O) groups excluding carboxylic acids is 1. The fourth-order valence-electron chi connectivity index (χ4n) is 3.92. The highest BCUT2D eigenvalue weighted by Crippen LogP contribution is 2.35. The van der Waals surface area contributed by atoms with Gasteiger partial charge in [-0.15, -0.1) is 22.7 Å². The highest BCUT2D eigenvalue weighted by molar-refractivity contribution is 8.00. The molecule has 0 fully saturated rings. The number of amides is 1. The molecule has 0 saturated heterocycles. The van der Waals surface area contributed by atoms with Crippen LogP contribution in [0.25, 0.3) is 10.2 Å². The van der Waals surface area contributed by atoms with E-state index in [0.717, 1.165) is 41.5 Å². The summed E-state index contributed by atoms with van der Waals surface area (Å²) in [5.41, 5.74) is 2.21. The summed E-state index contributed by atoms with van der Waals surface area (Å²) in [6.07, 6.45) is 5.89. The summed E-state index contributed by atoms with van der Waals surface area (Å²) in [6.45, 7) is 2.26. The monoisotopic (exact) mass is 482 g/mol. The molecule has 3 heterocycles. The van der Waals surface area contributed by atoms with Gasteiger partial charge in [0.05, 0.1) is 17.2 Å². The first-order valence-electron chi connectivity index (χ1n) is 10.6. The molecule has 1 atom stereocenters. The van der Waals surface area contributed by atoms with Crippen molar-refractivity contribution in [1.29, 1.82) is 0 Å². The van der Waals surface area contributed by atoms with E-state index in [1.165, 1.54) is 33.5 Å². The van der Waals surface area contributed by atoms with Gasteiger partial charge in [-0.2, -0.15) is 0 Å². The lowest BCUT2D eigenvalue weighted by Gasteiger charge is -2.16. The molecule has 0 spiro atoms. The molecular weight excluding hydrogens is 460 g/mol. The van der Waals surface area contributed by atoms with Crippen molar-refractivity contribution in [2.24, 2.45) is 0 Å². The largest absolute Gasteiger partial charge is 0.301 e. The molecule has 6 nitrogen and oxygen atoms in total. The molecule has 3 aromatic heterocycles. The molecule has 0 radical (unpaired) electrons. The standard InChI is InChI=1S/C23H22N4O2S3/c1-14(19(28)25-22-24-11-12-30-22)31-23-26-20-18(16-9-5-6-10-17(16)32-20)21(29)27(23)13-15-7-3-2-4-8-15/h2-4,7-8,11-12,14H,5-6,9-10,13H2,1H3,(H,24,25,28). The minimum atomic E-state index is -0.431. The third-order valence-electron chi connectivity index (χ3n) is 5.54. The Hall–Kier alpha value is -2.49. The number of rotatable bonds is 6. The van der Waals surface area contributed by atoms with Gasteiger partial charge in [0, 0.05) is 16.5 Å². The van der Waals surface area contributed by atoms with E-state index in [-0.39, 0.29) is 11.5 Å². The molecule has 1 aliphatic carbocycles. The molecule has 1 aromatic carbocycles. The fourth-order valence-corrected chi connectivity index (χ4v) is 6.66. The Morgan fingerprint density at radius 2 is 2.06 bits per heavy atom. The Bertz CT molecular complexity index is 1310. The van der Waals surface area contributed by atoms with Gasteiger partial charge in [-0.25, -0.2) is 9.97 Å². The highest BCUT2D eigenvalue weighted by Gasteiger charge is 2.24. The average molecular weight is 483 g/mol. The molecule has 0 aliphatic heterocycles. The van der Waals surface area contributed by atoms with Crippen molar-refractivity contribution in [3.8, 4) is 0 Å². The van der Waals surface area contributed by atoms with Crippen LogP contribution in [0.4, 0.5) is 5.13 Å². The first kappa shape index (κ1) is 21.4. The van der Waals surface area contributed by atoms with Gasteiger partial charge in [0.1, 0.15) is 4.83 Å². The quantitative estimate of drug-likeness (QED) is 0.310. The zero-order valence-corrected chi connectivity index (χ0v) is 20.0. The second kappa shape index (κ2) is 9.17. The fraction of sp³-hybridized carbons (Fsp3) is 0.304. The summed E-state index contributed by atoms with van der Waals surface area (Å²) in [7, 11) is 0. The number of nitrogens with zero attached hydrogens (tertiary/aromatic N) is 3. The van der Waals surface area contributed by atoms with Gasteiger partial charge in [-0.3, -0.25) is 14.2 Å². The first-order valence-corrected chi connectivity index (χ1v) is 13.1. The van der Waals surface area contributed by atoms with E-state index in [1.807, 2.05) is 42.6 Å². The second-order valence-corrected chi connectivity index (χ2v) is 11.0. The number of carbonyl (C=O) groups is 1. The van der Waals surface area contributed by atoms with E-state index in [2.05, 4.69) is 10.3 Å². The van der Waals surface area contributed by atoms with Crippen LogP contribution in [0.15, 0.2) is 51.9 Å². The highest BCUT2D eigenvalue weighted by atomic mass is 32.2. The molecule has 4 aromatic rings. The van der Waals surface area contributed by atoms with Crippen LogP contribution in [0, 0.1) is 0 Å². The molecule has 1 aliphatic rings. The molecule has 1 amide bonds. The van der Waals surface area contributed by atoms with Crippen LogP contribution < -0.4 is 10.9 Å². The zero-order valence-electron chi connectivity index (χ0n) is 17.5. The van der Waals surface area contributed by atoms with Crippen LogP contribution in [-0.4, -0.2) is 25.7 Å². The lowest BCUT2D eigenvalue weighted by molar-refractivity contribution is -0.115. The van der Waals surface area contributed by atoms with Crippen LogP contribution in [0.2, 0.25) is 0 Å². The third-order valence-corrected chi connectivity index (χ3v) is 8.50. The number of aryl methyl sites for hydroxylation is 2. The van der Waals surface area contributed by atoms with Gasteiger partial charge in [0.25, 0.3) is 5.56 Å². The second-order valence-electron chi connectivity index (χ2n) is 7.75. The summed E-state index contributed by atoms with van der Waals surface area (Å²) in [5, 5.41) is 6.14. The molecule has 0 saturated carbocycles. The predicted octanol–water partition coefficient (Wildman–Crippen LogP) is 4.96. The number of fused-ring (bicyclic) bond motifs is 3. The van der Waals surface area contributed by atoms with Gasteiger partial charge < -0.3 is 5.32 Å². The van der Waals surface area contributed by atoms with Crippen molar-refractivity contribution in [3.05, 3.63) is 68.3 Å². The number of nitrogens with one attached hydrogen (secondary N) is 1. The molecular formula is C23H22N4O2S3. The Kier molecular flexibility index (Phi) is 6.12. The van der Waals surface area contributed by atoms with E-state index in [4.69, 9.17) is 4.98 Å². The molecule has 1 N–H and O–H groups in total. The minimum absolute atomic E-state index is 0.00622. The summed E-state index contributed by atoms with van der Waals surface area (Å²) in [6, 6.07) is 9.91. The lowest BCUT2D eigenvalue weighted by Crippen LogP contribution is -2.27. The first-order chi connectivity index (χ1) is 15.6. The van der Waals surface area contributed by atoms with E-state index in [0.29, 0.717) is 16.8 Å². The van der Waals surface area contributed by atoms with Crippen molar-refractivity contribution in [2.45, 2.75) is 49.6 Å². The number of aromatic nitrogens is 3. The van der Waals surface area contributed by atoms with Gasteiger partial charge in [0.2, 0.25) is 5.91 Å². The Labute approximate surface area is 197 Å². The molecule has 0 bridgehead atoms. The lowest BCUT2D eigenvalue weighted by atomic mass is 9.97. The zero-order chi connectivity index (χ0) is 22.1. The number of anilines is 1. The minimum Gasteiger partial charge on any atom is -0.301 e. The van der Waals surface area contributed by atoms with Crippen molar-refractivity contribution >= 4 is 55.7 Å². The van der Waals surface area contributed by atoms with Crippen molar-refractivity contribution < 1.29 is 4.79 Å². The van der Waals surface area contributed by atoms with Crippen LogP contribution in [0.1, 0.15) is 35.8 Å². The number of thioether (sulfide) groups is 1. The number of hydrogen-bond donors (Lipinski definition) is 1. The predicted molar refractivity (Wildman–Crippen MR) is 132 cm³/mol. The molecule has 32 heavy (non-hydrogen) atoms. The normalized spacial score (nSPS) is 14.3. The smallest absolute Gasteiger partial charge is 0.263 e. The molecule has 5 rings (SSSR count). The van der Waals surface area contributed by atoms with Crippen LogP contribution in [0.5, 0.6) is 0 Å². The maximum Gasteiger partial charge on any atom is 0.263 e. The SMILES string of the molecule is CC(Sc1nc2sc3c(c2c(=O)n1Cc1ccccc1)CCCC3)C(=O)Nc1nccs1. The van der Waals surface area contributed by atoms with Gasteiger partial charge in [-0.1, -0.05) is 42.1 Å². The van der Waals surface area contributed by atoms with E-state index >= 15 is 0 Å². The van der Waals surface area contributed by atoms with Gasteiger partial charge in [-0.05, 0) is 43.7 Å². The van der Waals surface area contributed by atoms with E-state index in [9.17, 15) is 9.59 Å². The average Bonchev–Trinajstić information content (AvgIpc) is 3.44. The summed E-state index contributed by atoms with van der Waals surface area (Å²) < 4.78 is 1.73. The summed E-state index contributed by atoms with van der Waals surface area (Å²) >= 11 is 4.33. The van der Waals surface area contributed by atoms with Crippen LogP contribution in [-0.2, 0) is 24.2 Å². The maximum atomic E-state index is 13.7. The van der Waals surface area contributed by atoms with Gasteiger partial charge >= 0.3 is 0 Å². The summed E-state index contributed by atoms with van der Waals surface area (Å²) in [5.74, 6) is -0.156. The van der Waals surface area contributed by atoms with Crippen molar-refractivity contribution in [3.63, 3.8) is 0 Å². The van der Waals surface area contributed by atoms with Crippen molar-refractivity contribution in [1.82, 2.24) is 14.5 Å². The number of hydrogen-bond acceptors (Lipinski definition) is 7. The Morgan fingerprint density at radius 3 is 2.84 bits per heavy atom. The van der Waals surface area contributed by atoms with Crippen LogP contribution in [0.3, 0.4) is 0 Å². The van der Waals surface area contributed by atoms with Gasteiger partial charge in [0.15, 0.2) is 10.3 Å². The number of thiophene rings is 1. The van der Waals surface area contributed by atoms with Crippen molar-refractivity contribution in [2.75, 3.05) is 5.32 Å². The Morgan fingerprint density at radius 1 is 1.25 bits per heavy atom. The molecule has 9 heteroatoms. The summed E-state index contributed by atoms with van der Waals surface area (Å²) in [4.78, 5) is 37.5. The number of thiazole rings is 1. The van der Waals surface area contributed by atoms with E-state index in [1.54, 1.807) is 22.1 Å². The topological polar surface area (TPSA) is 76.9 Å².